The van der Waals surface area contributed by atoms with Gasteiger partial charge in [0.15, 0.2) is 5.78 Å². The summed E-state index contributed by atoms with van der Waals surface area (Å²) in [5, 5.41) is 0. The molecule has 4 aliphatic rings. The van der Waals surface area contributed by atoms with Gasteiger partial charge in [0.25, 0.3) is 0 Å². The van der Waals surface area contributed by atoms with E-state index < -0.39 is 23.9 Å². The van der Waals surface area contributed by atoms with Crippen LogP contribution in [-0.2, 0) is 4.79 Å². The first-order valence-corrected chi connectivity index (χ1v) is 10.2. The minimum Gasteiger partial charge on any atom is -0.295 e. The minimum absolute atomic E-state index is 0.0479. The molecule has 0 heterocycles. The average Bonchev–Trinajstić information content (AvgIpc) is 2.97. The van der Waals surface area contributed by atoms with E-state index in [1.807, 2.05) is 6.08 Å². The molecule has 0 saturated heterocycles. The molecule has 27 heavy (non-hydrogen) atoms. The van der Waals surface area contributed by atoms with Gasteiger partial charge in [-0.2, -0.15) is 22.0 Å². The van der Waals surface area contributed by atoms with Gasteiger partial charge >= 0.3 is 12.1 Å². The number of hydrogen-bond donors (Lipinski definition) is 0. The van der Waals surface area contributed by atoms with Gasteiger partial charge in [0.05, 0.1) is 0 Å². The van der Waals surface area contributed by atoms with E-state index in [9.17, 15) is 26.7 Å². The van der Waals surface area contributed by atoms with Crippen molar-refractivity contribution in [1.82, 2.24) is 0 Å². The van der Waals surface area contributed by atoms with Crippen LogP contribution in [0.5, 0.6) is 0 Å². The molecule has 0 aromatic rings. The molecular formula is C21H27F5O. The first-order valence-electron chi connectivity index (χ1n) is 10.2. The second-order valence-corrected chi connectivity index (χ2v) is 9.69. The van der Waals surface area contributed by atoms with E-state index in [1.165, 1.54) is 0 Å². The van der Waals surface area contributed by atoms with Gasteiger partial charge in [-0.1, -0.05) is 19.4 Å². The van der Waals surface area contributed by atoms with Crippen molar-refractivity contribution < 1.29 is 26.7 Å². The van der Waals surface area contributed by atoms with Crippen LogP contribution < -0.4 is 0 Å². The molecule has 1 nitrogen and oxygen atoms in total. The third-order valence-corrected chi connectivity index (χ3v) is 8.56. The number of hydrogen-bond acceptors (Lipinski definition) is 1. The Labute approximate surface area is 156 Å². The third-order valence-electron chi connectivity index (χ3n) is 8.56. The lowest BCUT2D eigenvalue weighted by Crippen LogP contribution is -2.53. The monoisotopic (exact) mass is 390 g/mol. The van der Waals surface area contributed by atoms with Gasteiger partial charge in [0, 0.05) is 12.8 Å². The Balaban J connectivity index is 1.63. The highest BCUT2D eigenvalue weighted by atomic mass is 19.4. The Morgan fingerprint density at radius 2 is 1.78 bits per heavy atom. The van der Waals surface area contributed by atoms with Crippen molar-refractivity contribution >= 4 is 5.78 Å². The molecule has 3 saturated carbocycles. The molecule has 0 N–H and O–H groups in total. The zero-order valence-electron chi connectivity index (χ0n) is 15.6. The first-order chi connectivity index (χ1) is 12.5. The standard InChI is InChI=1S/C21H27F5O/c1-18-9-6-14(27)11-13(18)4-5-15-16(18)7-10-19(8-2-3-17(15)19)12-20(22,23)21(24,25)26/h6,9,13,15-17H,2-5,7-8,10-12H2,1H3/t13-,15-,16+,17+,18+,19+/m1/s1. The summed E-state index contributed by atoms with van der Waals surface area (Å²) >= 11 is 0. The Morgan fingerprint density at radius 1 is 1.04 bits per heavy atom. The van der Waals surface area contributed by atoms with Crippen LogP contribution in [0.4, 0.5) is 22.0 Å². The van der Waals surface area contributed by atoms with Gasteiger partial charge in [-0.25, -0.2) is 0 Å². The Kier molecular flexibility index (Phi) is 4.33. The van der Waals surface area contributed by atoms with Crippen molar-refractivity contribution in [1.29, 1.82) is 0 Å². The molecule has 152 valence electrons. The van der Waals surface area contributed by atoms with Gasteiger partial charge in [0.2, 0.25) is 0 Å². The highest BCUT2D eigenvalue weighted by Crippen LogP contribution is 2.67. The maximum Gasteiger partial charge on any atom is 0.453 e. The Bertz CT molecular complexity index is 653. The number of halogens is 5. The highest BCUT2D eigenvalue weighted by Gasteiger charge is 2.65. The summed E-state index contributed by atoms with van der Waals surface area (Å²) in [4.78, 5) is 11.8. The molecule has 0 unspecified atom stereocenters. The number of alkyl halides is 5. The van der Waals surface area contributed by atoms with Crippen LogP contribution in [0.15, 0.2) is 12.2 Å². The molecule has 3 fully saturated rings. The van der Waals surface area contributed by atoms with Gasteiger partial charge in [-0.15, -0.1) is 0 Å². The molecule has 0 aliphatic heterocycles. The number of fused-ring (bicyclic) bond motifs is 5. The van der Waals surface area contributed by atoms with E-state index in [0.717, 1.165) is 25.7 Å². The van der Waals surface area contributed by atoms with E-state index in [0.29, 0.717) is 25.7 Å². The summed E-state index contributed by atoms with van der Waals surface area (Å²) in [7, 11) is 0. The van der Waals surface area contributed by atoms with Crippen LogP contribution in [0, 0.1) is 34.5 Å². The highest BCUT2D eigenvalue weighted by molar-refractivity contribution is 5.91. The second kappa shape index (κ2) is 6.03. The number of carbonyl (C=O) groups is 1. The van der Waals surface area contributed by atoms with Gasteiger partial charge in [-0.3, -0.25) is 4.79 Å². The molecule has 0 aromatic heterocycles. The van der Waals surface area contributed by atoms with Crippen molar-refractivity contribution in [2.45, 2.75) is 76.8 Å². The molecule has 0 radical (unpaired) electrons. The molecule has 0 amide bonds. The van der Waals surface area contributed by atoms with Gasteiger partial charge < -0.3 is 0 Å². The van der Waals surface area contributed by atoms with E-state index >= 15 is 0 Å². The van der Waals surface area contributed by atoms with Crippen LogP contribution in [0.2, 0.25) is 0 Å². The SMILES string of the molecule is C[C@]12C=CC(=O)C[C@H]1CC[C@H]1[C@@H]3CCC[C@@]3(CC(F)(F)C(F)(F)F)CC[C@@H]12. The first kappa shape index (κ1) is 19.4. The molecule has 0 aromatic carbocycles. The summed E-state index contributed by atoms with van der Waals surface area (Å²) in [5.74, 6) is -3.75. The maximum atomic E-state index is 14.0. The molecule has 6 heteroatoms. The largest absolute Gasteiger partial charge is 0.453 e. The van der Waals surface area contributed by atoms with E-state index in [-0.39, 0.29) is 34.9 Å². The van der Waals surface area contributed by atoms with Crippen LogP contribution in [0.3, 0.4) is 0 Å². The predicted octanol–water partition coefficient (Wildman–Crippen LogP) is 6.33. The van der Waals surface area contributed by atoms with Crippen molar-refractivity contribution in [2.75, 3.05) is 0 Å². The van der Waals surface area contributed by atoms with Crippen molar-refractivity contribution in [3.63, 3.8) is 0 Å². The van der Waals surface area contributed by atoms with Crippen molar-refractivity contribution in [3.8, 4) is 0 Å². The fraction of sp³-hybridized carbons (Fsp3) is 0.857. The number of allylic oxidation sites excluding steroid dienone is 2. The fourth-order valence-electron chi connectivity index (χ4n) is 7.28. The summed E-state index contributed by atoms with van der Waals surface area (Å²) < 4.78 is 66.7. The quantitative estimate of drug-likeness (QED) is 0.504. The van der Waals surface area contributed by atoms with Crippen LogP contribution in [0.1, 0.15) is 64.7 Å². The Hall–Kier alpha value is -0.940. The fourth-order valence-corrected chi connectivity index (χ4v) is 7.28. The molecule has 0 bridgehead atoms. The zero-order chi connectivity index (χ0) is 19.7. The second-order valence-electron chi connectivity index (χ2n) is 9.69. The lowest BCUT2D eigenvalue weighted by molar-refractivity contribution is -0.297. The van der Waals surface area contributed by atoms with E-state index in [1.54, 1.807) is 6.08 Å². The molecule has 4 rings (SSSR count). The average molecular weight is 390 g/mol. The normalized spacial score (nSPS) is 44.6. The predicted molar refractivity (Wildman–Crippen MR) is 91.2 cm³/mol. The summed E-state index contributed by atoms with van der Waals surface area (Å²) in [6.45, 7) is 2.17. The lowest BCUT2D eigenvalue weighted by atomic mass is 9.46. The molecule has 0 spiro atoms. The maximum absolute atomic E-state index is 14.0. The molecular weight excluding hydrogens is 363 g/mol. The number of carbonyl (C=O) groups excluding carboxylic acids is 1. The summed E-state index contributed by atoms with van der Waals surface area (Å²) in [6, 6.07) is 0. The van der Waals surface area contributed by atoms with Gasteiger partial charge in [-0.05, 0) is 79.1 Å². The Morgan fingerprint density at radius 3 is 2.48 bits per heavy atom. The van der Waals surface area contributed by atoms with Crippen LogP contribution in [-0.4, -0.2) is 17.9 Å². The lowest BCUT2D eigenvalue weighted by Gasteiger charge is -2.59. The molecule has 6 atom stereocenters. The van der Waals surface area contributed by atoms with E-state index in [4.69, 9.17) is 0 Å². The van der Waals surface area contributed by atoms with Crippen LogP contribution >= 0.6 is 0 Å². The van der Waals surface area contributed by atoms with Crippen molar-refractivity contribution in [3.05, 3.63) is 12.2 Å². The van der Waals surface area contributed by atoms with Gasteiger partial charge in [0.1, 0.15) is 0 Å². The van der Waals surface area contributed by atoms with E-state index in [2.05, 4.69) is 6.92 Å². The number of ketones is 1. The summed E-state index contributed by atoms with van der Waals surface area (Å²) in [6.07, 6.45) is 2.57. The summed E-state index contributed by atoms with van der Waals surface area (Å²) in [5.41, 5.74) is -1.00. The topological polar surface area (TPSA) is 17.1 Å². The number of rotatable bonds is 2. The van der Waals surface area contributed by atoms with Crippen LogP contribution in [0.25, 0.3) is 0 Å². The van der Waals surface area contributed by atoms with Crippen molar-refractivity contribution in [2.24, 2.45) is 34.5 Å². The minimum atomic E-state index is -5.47. The zero-order valence-corrected chi connectivity index (χ0v) is 15.6. The third kappa shape index (κ3) is 2.88. The molecule has 4 aliphatic carbocycles. The smallest absolute Gasteiger partial charge is 0.295 e.